The minimum absolute atomic E-state index is 0.0734. The van der Waals surface area contributed by atoms with E-state index in [9.17, 15) is 0 Å². The molecule has 0 amide bonds. The predicted molar refractivity (Wildman–Crippen MR) is 69.3 cm³/mol. The van der Waals surface area contributed by atoms with Gasteiger partial charge in [0.15, 0.2) is 0 Å². The van der Waals surface area contributed by atoms with E-state index in [1.165, 1.54) is 6.42 Å². The number of aromatic nitrogens is 2. The Bertz CT molecular complexity index is 478. The van der Waals surface area contributed by atoms with Crippen molar-refractivity contribution in [3.05, 3.63) is 34.7 Å². The van der Waals surface area contributed by atoms with Crippen LogP contribution in [0.1, 0.15) is 37.9 Å². The summed E-state index contributed by atoms with van der Waals surface area (Å²) < 4.78 is 3.10. The minimum Gasteiger partial charge on any atom is -0.323 e. The van der Waals surface area contributed by atoms with Gasteiger partial charge in [0.1, 0.15) is 5.65 Å². The Balaban J connectivity index is 2.33. The van der Waals surface area contributed by atoms with Gasteiger partial charge in [0.2, 0.25) is 0 Å². The molecule has 4 heteroatoms. The number of imidazole rings is 1. The smallest absolute Gasteiger partial charge is 0.137 e. The van der Waals surface area contributed by atoms with E-state index in [-0.39, 0.29) is 6.04 Å². The van der Waals surface area contributed by atoms with Crippen LogP contribution in [-0.2, 0) is 0 Å². The molecule has 0 aliphatic carbocycles. The zero-order valence-corrected chi connectivity index (χ0v) is 10.9. The molecule has 1 atom stereocenters. The van der Waals surface area contributed by atoms with Crippen molar-refractivity contribution in [1.82, 2.24) is 9.38 Å². The lowest BCUT2D eigenvalue weighted by atomic mass is 10.1. The fourth-order valence-electron chi connectivity index (χ4n) is 1.82. The molecule has 0 fully saturated rings. The molecule has 2 aromatic rings. The van der Waals surface area contributed by atoms with E-state index in [0.29, 0.717) is 0 Å². The molecule has 0 saturated carbocycles. The number of nitrogens with two attached hydrogens (primary N) is 1. The van der Waals surface area contributed by atoms with Gasteiger partial charge in [0, 0.05) is 16.7 Å². The Hall–Kier alpha value is -0.870. The zero-order valence-electron chi connectivity index (χ0n) is 9.36. The second kappa shape index (κ2) is 4.97. The van der Waals surface area contributed by atoms with E-state index < -0.39 is 0 Å². The highest BCUT2D eigenvalue weighted by Crippen LogP contribution is 2.20. The Morgan fingerprint density at radius 2 is 2.31 bits per heavy atom. The van der Waals surface area contributed by atoms with Gasteiger partial charge in [-0.2, -0.15) is 0 Å². The number of pyridine rings is 1. The number of nitrogens with zero attached hydrogens (tertiary/aromatic N) is 2. The first-order valence-electron chi connectivity index (χ1n) is 5.60. The molecule has 1 unspecified atom stereocenters. The summed E-state index contributed by atoms with van der Waals surface area (Å²) in [6.45, 7) is 2.18. The molecule has 86 valence electrons. The van der Waals surface area contributed by atoms with Crippen molar-refractivity contribution in [1.29, 1.82) is 0 Å². The molecule has 2 N–H and O–H groups in total. The van der Waals surface area contributed by atoms with Gasteiger partial charge in [-0.05, 0) is 34.5 Å². The fourth-order valence-corrected chi connectivity index (χ4v) is 2.16. The fraction of sp³-hybridized carbons (Fsp3) is 0.417. The van der Waals surface area contributed by atoms with Crippen LogP contribution in [0.5, 0.6) is 0 Å². The van der Waals surface area contributed by atoms with Gasteiger partial charge < -0.3 is 10.1 Å². The van der Waals surface area contributed by atoms with Gasteiger partial charge in [-0.25, -0.2) is 4.98 Å². The van der Waals surface area contributed by atoms with E-state index in [0.717, 1.165) is 28.7 Å². The lowest BCUT2D eigenvalue weighted by Gasteiger charge is -2.10. The van der Waals surface area contributed by atoms with E-state index in [1.54, 1.807) is 0 Å². The van der Waals surface area contributed by atoms with Crippen molar-refractivity contribution < 1.29 is 0 Å². The SMILES string of the molecule is CCCCC(N)c1cnc2ccc(Br)cn12. The summed E-state index contributed by atoms with van der Waals surface area (Å²) >= 11 is 3.46. The second-order valence-corrected chi connectivity index (χ2v) is 4.92. The molecular weight excluding hydrogens is 266 g/mol. The number of fused-ring (bicyclic) bond motifs is 1. The molecular formula is C12H16BrN3. The molecule has 2 aromatic heterocycles. The molecule has 0 radical (unpaired) electrons. The Labute approximate surface area is 104 Å². The first kappa shape index (κ1) is 11.6. The van der Waals surface area contributed by atoms with Crippen LogP contribution in [0, 0.1) is 0 Å². The van der Waals surface area contributed by atoms with Crippen molar-refractivity contribution in [2.75, 3.05) is 0 Å². The maximum absolute atomic E-state index is 6.17. The summed E-state index contributed by atoms with van der Waals surface area (Å²) in [7, 11) is 0. The van der Waals surface area contributed by atoms with Gasteiger partial charge in [0.25, 0.3) is 0 Å². The van der Waals surface area contributed by atoms with Crippen molar-refractivity contribution in [2.24, 2.45) is 5.73 Å². The summed E-state index contributed by atoms with van der Waals surface area (Å²) in [6.07, 6.45) is 7.24. The van der Waals surface area contributed by atoms with Crippen molar-refractivity contribution in [3.63, 3.8) is 0 Å². The number of unbranched alkanes of at least 4 members (excludes halogenated alkanes) is 1. The summed E-state index contributed by atoms with van der Waals surface area (Å²) in [5.41, 5.74) is 8.20. The summed E-state index contributed by atoms with van der Waals surface area (Å²) in [5, 5.41) is 0. The monoisotopic (exact) mass is 281 g/mol. The van der Waals surface area contributed by atoms with E-state index in [1.807, 2.05) is 24.5 Å². The molecule has 2 heterocycles. The van der Waals surface area contributed by atoms with Gasteiger partial charge in [-0.1, -0.05) is 19.8 Å². The highest BCUT2D eigenvalue weighted by atomic mass is 79.9. The molecule has 3 nitrogen and oxygen atoms in total. The third kappa shape index (κ3) is 2.28. The number of hydrogen-bond acceptors (Lipinski definition) is 2. The Kier molecular flexibility index (Phi) is 3.61. The van der Waals surface area contributed by atoms with Crippen LogP contribution in [0.15, 0.2) is 29.0 Å². The van der Waals surface area contributed by atoms with E-state index >= 15 is 0 Å². The van der Waals surface area contributed by atoms with Crippen LogP contribution < -0.4 is 5.73 Å². The third-order valence-electron chi connectivity index (χ3n) is 2.75. The van der Waals surface area contributed by atoms with Crippen molar-refractivity contribution in [3.8, 4) is 0 Å². The summed E-state index contributed by atoms with van der Waals surface area (Å²) in [5.74, 6) is 0. The quantitative estimate of drug-likeness (QED) is 0.935. The normalized spacial score (nSPS) is 13.2. The maximum Gasteiger partial charge on any atom is 0.137 e. The second-order valence-electron chi connectivity index (χ2n) is 4.01. The van der Waals surface area contributed by atoms with Gasteiger partial charge >= 0.3 is 0 Å². The molecule has 0 bridgehead atoms. The minimum atomic E-state index is 0.0734. The first-order valence-corrected chi connectivity index (χ1v) is 6.39. The van der Waals surface area contributed by atoms with Crippen molar-refractivity contribution in [2.45, 2.75) is 32.2 Å². The highest BCUT2D eigenvalue weighted by molar-refractivity contribution is 9.10. The van der Waals surface area contributed by atoms with Crippen LogP contribution in [0.2, 0.25) is 0 Å². The molecule has 2 rings (SSSR count). The number of hydrogen-bond donors (Lipinski definition) is 1. The summed E-state index contributed by atoms with van der Waals surface area (Å²) in [4.78, 5) is 4.35. The van der Waals surface area contributed by atoms with Crippen LogP contribution in [0.25, 0.3) is 5.65 Å². The number of halogens is 1. The lowest BCUT2D eigenvalue weighted by Crippen LogP contribution is -2.12. The average Bonchev–Trinajstić information content (AvgIpc) is 2.68. The third-order valence-corrected chi connectivity index (χ3v) is 3.22. The number of rotatable bonds is 4. The Morgan fingerprint density at radius 1 is 1.50 bits per heavy atom. The highest BCUT2D eigenvalue weighted by Gasteiger charge is 2.11. The maximum atomic E-state index is 6.17. The average molecular weight is 282 g/mol. The molecule has 0 aliphatic rings. The molecule has 0 saturated heterocycles. The van der Waals surface area contributed by atoms with Crippen LogP contribution in [0.4, 0.5) is 0 Å². The summed E-state index contributed by atoms with van der Waals surface area (Å²) in [6, 6.07) is 4.05. The molecule has 0 spiro atoms. The van der Waals surface area contributed by atoms with Crippen molar-refractivity contribution >= 4 is 21.6 Å². The van der Waals surface area contributed by atoms with E-state index in [4.69, 9.17) is 5.73 Å². The van der Waals surface area contributed by atoms with Gasteiger partial charge in [0.05, 0.1) is 11.9 Å². The molecule has 16 heavy (non-hydrogen) atoms. The standard InChI is InChI=1S/C12H16BrN3/c1-2-3-4-10(14)11-7-15-12-6-5-9(13)8-16(11)12/h5-8,10H,2-4,14H2,1H3. The van der Waals surface area contributed by atoms with Crippen LogP contribution in [0.3, 0.4) is 0 Å². The molecule has 0 aliphatic heterocycles. The predicted octanol–water partition coefficient (Wildman–Crippen LogP) is 3.29. The van der Waals surface area contributed by atoms with Gasteiger partial charge in [-0.15, -0.1) is 0 Å². The van der Waals surface area contributed by atoms with Gasteiger partial charge in [-0.3, -0.25) is 0 Å². The topological polar surface area (TPSA) is 43.3 Å². The lowest BCUT2D eigenvalue weighted by molar-refractivity contribution is 0.587. The van der Waals surface area contributed by atoms with E-state index in [2.05, 4.69) is 32.2 Å². The van der Waals surface area contributed by atoms with Crippen LogP contribution >= 0.6 is 15.9 Å². The Morgan fingerprint density at radius 3 is 3.06 bits per heavy atom. The largest absolute Gasteiger partial charge is 0.323 e. The first-order chi connectivity index (χ1) is 7.72. The zero-order chi connectivity index (χ0) is 11.5. The molecule has 0 aromatic carbocycles. The van der Waals surface area contributed by atoms with Crippen LogP contribution in [-0.4, -0.2) is 9.38 Å².